The van der Waals surface area contributed by atoms with Crippen molar-refractivity contribution in [3.8, 4) is 11.5 Å². The Bertz CT molecular complexity index is 896. The number of rotatable bonds is 5. The molecule has 0 saturated heterocycles. The number of anilines is 1. The van der Waals surface area contributed by atoms with E-state index in [1.165, 1.54) is 12.4 Å². The van der Waals surface area contributed by atoms with Crippen molar-refractivity contribution in [2.75, 3.05) is 5.32 Å². The molecule has 4 rings (SSSR count). The SMILES string of the molecule is FC(F)c1nnc(-c2cnc(NC3(c4ccccc4Br)CC3)nc2)o1. The maximum absolute atomic E-state index is 12.5. The molecule has 1 N–H and O–H groups in total. The van der Waals surface area contributed by atoms with Crippen LogP contribution in [0.1, 0.15) is 30.7 Å². The fourth-order valence-corrected chi connectivity index (χ4v) is 3.26. The zero-order valence-electron chi connectivity index (χ0n) is 12.8. The van der Waals surface area contributed by atoms with E-state index in [-0.39, 0.29) is 11.4 Å². The highest BCUT2D eigenvalue weighted by atomic mass is 79.9. The Balaban J connectivity index is 1.54. The summed E-state index contributed by atoms with van der Waals surface area (Å²) in [4.78, 5) is 8.47. The second-order valence-electron chi connectivity index (χ2n) is 5.73. The summed E-state index contributed by atoms with van der Waals surface area (Å²) < 4.78 is 30.9. The van der Waals surface area contributed by atoms with Crippen LogP contribution in [0.4, 0.5) is 14.7 Å². The first-order valence-corrected chi connectivity index (χ1v) is 8.34. The molecule has 0 unspecified atom stereocenters. The molecular formula is C16H12BrF2N5O. The van der Waals surface area contributed by atoms with E-state index >= 15 is 0 Å². The molecule has 1 aliphatic carbocycles. The van der Waals surface area contributed by atoms with Crippen LogP contribution < -0.4 is 5.32 Å². The van der Waals surface area contributed by atoms with E-state index in [0.29, 0.717) is 11.5 Å². The van der Waals surface area contributed by atoms with Gasteiger partial charge in [-0.05, 0) is 24.5 Å². The number of halogens is 3. The lowest BCUT2D eigenvalue weighted by atomic mass is 10.1. The normalized spacial score (nSPS) is 15.4. The van der Waals surface area contributed by atoms with E-state index < -0.39 is 12.3 Å². The standard InChI is InChI=1S/C16H12BrF2N5O/c17-11-4-2-1-3-10(11)16(5-6-16)22-15-20-7-9(8-21-15)13-23-24-14(25-13)12(18)19/h1-4,7-8,12H,5-6H2,(H,20,21,22). The van der Waals surface area contributed by atoms with Gasteiger partial charge < -0.3 is 9.73 Å². The molecule has 0 bridgehead atoms. The number of benzene rings is 1. The van der Waals surface area contributed by atoms with Gasteiger partial charge in [0.05, 0.1) is 11.1 Å². The van der Waals surface area contributed by atoms with Gasteiger partial charge in [-0.15, -0.1) is 10.2 Å². The van der Waals surface area contributed by atoms with Crippen molar-refractivity contribution >= 4 is 21.9 Å². The van der Waals surface area contributed by atoms with Gasteiger partial charge in [-0.3, -0.25) is 0 Å². The summed E-state index contributed by atoms with van der Waals surface area (Å²) in [7, 11) is 0. The fraction of sp³-hybridized carbons (Fsp3) is 0.250. The maximum atomic E-state index is 12.5. The highest BCUT2D eigenvalue weighted by Gasteiger charge is 2.46. The first kappa shape index (κ1) is 16.1. The molecule has 3 aromatic rings. The van der Waals surface area contributed by atoms with Gasteiger partial charge in [0, 0.05) is 16.9 Å². The zero-order valence-corrected chi connectivity index (χ0v) is 14.4. The zero-order chi connectivity index (χ0) is 17.4. The summed E-state index contributed by atoms with van der Waals surface area (Å²) in [6, 6.07) is 8.01. The highest BCUT2D eigenvalue weighted by molar-refractivity contribution is 9.10. The molecule has 9 heteroatoms. The first-order chi connectivity index (χ1) is 12.1. The van der Waals surface area contributed by atoms with Crippen molar-refractivity contribution in [2.45, 2.75) is 24.8 Å². The predicted octanol–water partition coefficient (Wildman–Crippen LogP) is 4.33. The minimum atomic E-state index is -2.80. The van der Waals surface area contributed by atoms with Crippen molar-refractivity contribution in [3.05, 3.63) is 52.6 Å². The van der Waals surface area contributed by atoms with Crippen LogP contribution in [-0.4, -0.2) is 20.2 Å². The minimum Gasteiger partial charge on any atom is -0.415 e. The quantitative estimate of drug-likeness (QED) is 0.678. The Kier molecular flexibility index (Phi) is 3.95. The lowest BCUT2D eigenvalue weighted by Crippen LogP contribution is -2.20. The van der Waals surface area contributed by atoms with E-state index in [4.69, 9.17) is 4.42 Å². The molecule has 0 spiro atoms. The number of alkyl halides is 2. The van der Waals surface area contributed by atoms with E-state index in [1.807, 2.05) is 18.2 Å². The Labute approximate surface area is 149 Å². The van der Waals surface area contributed by atoms with Crippen LogP contribution in [0.3, 0.4) is 0 Å². The van der Waals surface area contributed by atoms with Crippen molar-refractivity contribution in [2.24, 2.45) is 0 Å². The average Bonchev–Trinajstić information content (AvgIpc) is 3.20. The summed E-state index contributed by atoms with van der Waals surface area (Å²) in [6.07, 6.45) is 2.08. The molecule has 1 aliphatic rings. The van der Waals surface area contributed by atoms with Crippen LogP contribution in [0, 0.1) is 0 Å². The molecular weight excluding hydrogens is 396 g/mol. The van der Waals surface area contributed by atoms with Crippen LogP contribution in [0.2, 0.25) is 0 Å². The van der Waals surface area contributed by atoms with Crippen LogP contribution in [-0.2, 0) is 5.54 Å². The van der Waals surface area contributed by atoms with Crippen LogP contribution in [0.5, 0.6) is 0 Å². The van der Waals surface area contributed by atoms with Gasteiger partial charge in [-0.2, -0.15) is 8.78 Å². The number of hydrogen-bond donors (Lipinski definition) is 1. The summed E-state index contributed by atoms with van der Waals surface area (Å²) in [6.45, 7) is 0. The third-order valence-corrected chi connectivity index (χ3v) is 4.71. The average molecular weight is 408 g/mol. The molecule has 25 heavy (non-hydrogen) atoms. The summed E-state index contributed by atoms with van der Waals surface area (Å²) >= 11 is 3.57. The molecule has 2 aromatic heterocycles. The largest absolute Gasteiger partial charge is 0.415 e. The van der Waals surface area contributed by atoms with Crippen LogP contribution >= 0.6 is 15.9 Å². The van der Waals surface area contributed by atoms with Crippen molar-refractivity contribution < 1.29 is 13.2 Å². The molecule has 2 heterocycles. The van der Waals surface area contributed by atoms with Crippen molar-refractivity contribution in [3.63, 3.8) is 0 Å². The van der Waals surface area contributed by atoms with Crippen molar-refractivity contribution in [1.29, 1.82) is 0 Å². The number of aromatic nitrogens is 4. The van der Waals surface area contributed by atoms with Gasteiger partial charge in [0.2, 0.25) is 5.95 Å². The van der Waals surface area contributed by atoms with Gasteiger partial charge in [0.15, 0.2) is 0 Å². The summed E-state index contributed by atoms with van der Waals surface area (Å²) in [5, 5.41) is 10.2. The maximum Gasteiger partial charge on any atom is 0.314 e. The molecule has 1 fully saturated rings. The molecule has 0 amide bonds. The Morgan fingerprint density at radius 2 is 1.84 bits per heavy atom. The van der Waals surface area contributed by atoms with Gasteiger partial charge in [-0.25, -0.2) is 9.97 Å². The molecule has 6 nitrogen and oxygen atoms in total. The Morgan fingerprint density at radius 1 is 1.12 bits per heavy atom. The third-order valence-electron chi connectivity index (χ3n) is 4.02. The van der Waals surface area contributed by atoms with Gasteiger partial charge in [0.25, 0.3) is 11.8 Å². The number of nitrogens with one attached hydrogen (secondary N) is 1. The van der Waals surface area contributed by atoms with Crippen LogP contribution in [0.15, 0.2) is 45.5 Å². The summed E-state index contributed by atoms with van der Waals surface area (Å²) in [5.74, 6) is -0.303. The summed E-state index contributed by atoms with van der Waals surface area (Å²) in [5.41, 5.74) is 1.35. The first-order valence-electron chi connectivity index (χ1n) is 7.54. The van der Waals surface area contributed by atoms with E-state index in [9.17, 15) is 8.78 Å². The third kappa shape index (κ3) is 3.11. The fourth-order valence-electron chi connectivity index (χ4n) is 2.59. The number of hydrogen-bond acceptors (Lipinski definition) is 6. The van der Waals surface area contributed by atoms with Crippen LogP contribution in [0.25, 0.3) is 11.5 Å². The smallest absolute Gasteiger partial charge is 0.314 e. The number of nitrogens with zero attached hydrogens (tertiary/aromatic N) is 4. The van der Waals surface area contributed by atoms with Gasteiger partial charge >= 0.3 is 6.43 Å². The van der Waals surface area contributed by atoms with Gasteiger partial charge in [0.1, 0.15) is 0 Å². The molecule has 0 aliphatic heterocycles. The monoisotopic (exact) mass is 407 g/mol. The molecule has 1 aromatic carbocycles. The minimum absolute atomic E-state index is 0.0335. The predicted molar refractivity (Wildman–Crippen MR) is 89.0 cm³/mol. The highest BCUT2D eigenvalue weighted by Crippen LogP contribution is 2.50. The van der Waals surface area contributed by atoms with E-state index in [1.54, 1.807) is 0 Å². The topological polar surface area (TPSA) is 76.7 Å². The van der Waals surface area contributed by atoms with E-state index in [2.05, 4.69) is 47.5 Å². The molecule has 0 radical (unpaired) electrons. The Morgan fingerprint density at radius 3 is 2.44 bits per heavy atom. The second-order valence-corrected chi connectivity index (χ2v) is 6.58. The molecule has 1 saturated carbocycles. The lowest BCUT2D eigenvalue weighted by molar-refractivity contribution is 0.116. The van der Waals surface area contributed by atoms with Crippen molar-refractivity contribution in [1.82, 2.24) is 20.2 Å². The second kappa shape index (κ2) is 6.14. The molecule has 0 atom stereocenters. The Hall–Kier alpha value is -2.42. The van der Waals surface area contributed by atoms with Gasteiger partial charge in [-0.1, -0.05) is 34.1 Å². The molecule has 128 valence electrons. The lowest BCUT2D eigenvalue weighted by Gasteiger charge is -2.19. The van der Waals surface area contributed by atoms with E-state index in [0.717, 1.165) is 22.9 Å².